The average Bonchev–Trinajstić information content (AvgIpc) is 2.59. The third-order valence-electron chi connectivity index (χ3n) is 3.83. The van der Waals surface area contributed by atoms with E-state index in [9.17, 15) is 14.9 Å². The molecule has 0 atom stereocenters. The van der Waals surface area contributed by atoms with Gasteiger partial charge in [0.05, 0.1) is 18.2 Å². The number of hydrogen-bond donors (Lipinski definition) is 1. The monoisotopic (exact) mass is 297 g/mol. The van der Waals surface area contributed by atoms with Gasteiger partial charge in [0.2, 0.25) is 0 Å². The Morgan fingerprint density at radius 3 is 2.68 bits per heavy atom. The van der Waals surface area contributed by atoms with Crippen LogP contribution in [0.1, 0.15) is 33.6 Å². The Labute approximate surface area is 130 Å². The summed E-state index contributed by atoms with van der Waals surface area (Å²) >= 11 is 0. The van der Waals surface area contributed by atoms with Gasteiger partial charge < -0.3 is 10.2 Å². The number of nitrogens with one attached hydrogen (secondary N) is 1. The van der Waals surface area contributed by atoms with Gasteiger partial charge in [0.25, 0.3) is 5.91 Å². The lowest BCUT2D eigenvalue weighted by Crippen LogP contribution is -2.31. The lowest BCUT2D eigenvalue weighted by Gasteiger charge is -2.21. The molecule has 0 radical (unpaired) electrons. The first-order valence-electron chi connectivity index (χ1n) is 7.28. The minimum Gasteiger partial charge on any atom is -0.337 e. The van der Waals surface area contributed by atoms with Gasteiger partial charge in [0.1, 0.15) is 0 Å². The molecule has 0 spiro atoms. The molecule has 1 fully saturated rings. The van der Waals surface area contributed by atoms with Crippen molar-refractivity contribution in [2.24, 2.45) is 0 Å². The maximum atomic E-state index is 12.5. The van der Waals surface area contributed by atoms with Crippen LogP contribution < -0.4 is 5.32 Å². The first-order valence-corrected chi connectivity index (χ1v) is 7.28. The molecule has 5 heteroatoms. The zero-order chi connectivity index (χ0) is 15.9. The highest BCUT2D eigenvalue weighted by molar-refractivity contribution is 6.01. The van der Waals surface area contributed by atoms with Crippen LogP contribution in [0, 0.1) is 11.3 Å². The molecule has 5 nitrogen and oxygen atoms in total. The van der Waals surface area contributed by atoms with Gasteiger partial charge in [-0.15, -0.1) is 0 Å². The van der Waals surface area contributed by atoms with Crippen molar-refractivity contribution in [1.82, 2.24) is 10.2 Å². The second kappa shape index (κ2) is 7.53. The first kappa shape index (κ1) is 15.9. The van der Waals surface area contributed by atoms with E-state index in [1.807, 2.05) is 0 Å². The molecule has 22 heavy (non-hydrogen) atoms. The van der Waals surface area contributed by atoms with Crippen LogP contribution in [-0.4, -0.2) is 43.8 Å². The number of amides is 1. The second-order valence-electron chi connectivity index (χ2n) is 5.31. The van der Waals surface area contributed by atoms with Crippen LogP contribution >= 0.6 is 0 Å². The molecule has 0 bridgehead atoms. The zero-order valence-electron chi connectivity index (χ0n) is 12.6. The Bertz CT molecular complexity index is 636. The largest absolute Gasteiger partial charge is 0.337 e. The lowest BCUT2D eigenvalue weighted by molar-refractivity contribution is 0.0804. The van der Waals surface area contributed by atoms with Gasteiger partial charge >= 0.3 is 0 Å². The molecule has 0 aromatic heterocycles. The van der Waals surface area contributed by atoms with Crippen LogP contribution in [0.25, 0.3) is 0 Å². The minimum absolute atomic E-state index is 0.245. The van der Waals surface area contributed by atoms with Gasteiger partial charge in [-0.2, -0.15) is 5.26 Å². The van der Waals surface area contributed by atoms with Gasteiger partial charge in [-0.25, -0.2) is 0 Å². The van der Waals surface area contributed by atoms with E-state index in [2.05, 4.69) is 11.4 Å². The number of nitrogens with zero attached hydrogens (tertiary/aromatic N) is 2. The van der Waals surface area contributed by atoms with Crippen LogP contribution in [0.3, 0.4) is 0 Å². The molecule has 0 unspecified atom stereocenters. The van der Waals surface area contributed by atoms with Gasteiger partial charge in [-0.1, -0.05) is 23.8 Å². The number of piperidine rings is 1. The Kier molecular flexibility index (Phi) is 5.45. The summed E-state index contributed by atoms with van der Waals surface area (Å²) in [5.41, 5.74) is 2.51. The number of benzene rings is 1. The van der Waals surface area contributed by atoms with Crippen LogP contribution in [0.15, 0.2) is 35.4 Å². The molecule has 1 amide bonds. The lowest BCUT2D eigenvalue weighted by atomic mass is 9.99. The van der Waals surface area contributed by atoms with Crippen molar-refractivity contribution in [2.45, 2.75) is 12.8 Å². The highest BCUT2D eigenvalue weighted by atomic mass is 16.2. The smallest absolute Gasteiger partial charge is 0.254 e. The van der Waals surface area contributed by atoms with E-state index in [0.717, 1.165) is 31.5 Å². The minimum atomic E-state index is -0.245. The van der Waals surface area contributed by atoms with Gasteiger partial charge in [0, 0.05) is 18.2 Å². The van der Waals surface area contributed by atoms with E-state index in [4.69, 9.17) is 0 Å². The highest BCUT2D eigenvalue weighted by Crippen LogP contribution is 2.17. The molecule has 2 rings (SSSR count). The number of carbonyl (C=O) groups excluding carboxylic acids is 2. The van der Waals surface area contributed by atoms with Crippen LogP contribution in [0.2, 0.25) is 0 Å². The predicted octanol–water partition coefficient (Wildman–Crippen LogP) is 1.77. The molecule has 0 saturated carbocycles. The number of likely N-dealkylation sites (N-methyl/N-ethyl adjacent to an activating group) is 1. The van der Waals surface area contributed by atoms with E-state index >= 15 is 0 Å². The van der Waals surface area contributed by atoms with E-state index < -0.39 is 0 Å². The third kappa shape index (κ3) is 3.60. The van der Waals surface area contributed by atoms with Crippen LogP contribution in [0.5, 0.6) is 0 Å². The van der Waals surface area contributed by atoms with Gasteiger partial charge in [-0.05, 0) is 32.0 Å². The Balaban J connectivity index is 2.17. The average molecular weight is 297 g/mol. The molecule has 1 aliphatic rings. The fourth-order valence-electron chi connectivity index (χ4n) is 2.57. The molecule has 1 saturated heterocycles. The summed E-state index contributed by atoms with van der Waals surface area (Å²) in [5, 5.41) is 12.6. The summed E-state index contributed by atoms with van der Waals surface area (Å²) < 4.78 is 0. The summed E-state index contributed by atoms with van der Waals surface area (Å²) in [6.45, 7) is 2.01. The molecular weight excluding hydrogens is 278 g/mol. The second-order valence-corrected chi connectivity index (χ2v) is 5.31. The fourth-order valence-corrected chi connectivity index (χ4v) is 2.57. The molecule has 1 aromatic carbocycles. The topological polar surface area (TPSA) is 73.2 Å². The third-order valence-corrected chi connectivity index (χ3v) is 3.83. The van der Waals surface area contributed by atoms with Gasteiger partial charge in [-0.3, -0.25) is 9.59 Å². The van der Waals surface area contributed by atoms with E-state index in [0.29, 0.717) is 23.0 Å². The van der Waals surface area contributed by atoms with Crippen LogP contribution in [0.4, 0.5) is 0 Å². The van der Waals surface area contributed by atoms with Crippen molar-refractivity contribution in [1.29, 1.82) is 5.26 Å². The maximum absolute atomic E-state index is 12.5. The normalized spacial score (nSPS) is 14.1. The number of hydrogen-bond acceptors (Lipinski definition) is 4. The quantitative estimate of drug-likeness (QED) is 0.679. The van der Waals surface area contributed by atoms with E-state index in [1.165, 1.54) is 4.90 Å². The van der Waals surface area contributed by atoms with Crippen molar-refractivity contribution >= 4 is 12.2 Å². The van der Waals surface area contributed by atoms with Gasteiger partial charge in [0.15, 0.2) is 6.29 Å². The summed E-state index contributed by atoms with van der Waals surface area (Å²) in [4.78, 5) is 25.0. The number of nitriles is 1. The Hall–Kier alpha value is -2.45. The molecule has 1 aliphatic heterocycles. The summed E-state index contributed by atoms with van der Waals surface area (Å²) in [6.07, 6.45) is 2.36. The van der Waals surface area contributed by atoms with E-state index in [1.54, 1.807) is 31.3 Å². The molecule has 1 N–H and O–H groups in total. The Morgan fingerprint density at radius 1 is 1.36 bits per heavy atom. The maximum Gasteiger partial charge on any atom is 0.254 e. The molecule has 1 aromatic rings. The highest BCUT2D eigenvalue weighted by Gasteiger charge is 2.18. The van der Waals surface area contributed by atoms with Crippen molar-refractivity contribution < 1.29 is 9.59 Å². The molecule has 1 heterocycles. The van der Waals surface area contributed by atoms with Crippen molar-refractivity contribution in [3.05, 3.63) is 46.5 Å². The standard InChI is InChI=1S/C17H19N3O2/c1-20(11-15(10-18)13-6-8-19-9-7-13)17(22)16-5-3-2-4-14(16)12-21/h2-5,12,19H,6-9,11H2,1H3. The number of aldehydes is 1. The summed E-state index contributed by atoms with van der Waals surface area (Å²) in [6, 6.07) is 8.92. The van der Waals surface area contributed by atoms with Crippen LogP contribution in [-0.2, 0) is 0 Å². The van der Waals surface area contributed by atoms with Crippen molar-refractivity contribution in [2.75, 3.05) is 26.7 Å². The fraction of sp³-hybridized carbons (Fsp3) is 0.353. The summed E-state index contributed by atoms with van der Waals surface area (Å²) in [5.74, 6) is -0.245. The SMILES string of the molecule is CN(CC(C#N)=C1CCNCC1)C(=O)c1ccccc1C=O. The first-order chi connectivity index (χ1) is 10.7. The predicted molar refractivity (Wildman–Crippen MR) is 83.5 cm³/mol. The number of carbonyl (C=O) groups is 2. The Morgan fingerprint density at radius 2 is 2.05 bits per heavy atom. The number of rotatable bonds is 4. The molecular formula is C17H19N3O2. The molecule has 0 aliphatic carbocycles. The summed E-state index contributed by atoms with van der Waals surface area (Å²) in [7, 11) is 1.66. The van der Waals surface area contributed by atoms with E-state index in [-0.39, 0.29) is 12.5 Å². The zero-order valence-corrected chi connectivity index (χ0v) is 12.6. The van der Waals surface area contributed by atoms with Crippen molar-refractivity contribution in [3.8, 4) is 6.07 Å². The van der Waals surface area contributed by atoms with Crippen molar-refractivity contribution in [3.63, 3.8) is 0 Å². The molecule has 114 valence electrons.